The molecule has 2 saturated heterocycles. The zero-order chi connectivity index (χ0) is 20.2. The summed E-state index contributed by atoms with van der Waals surface area (Å²) in [6, 6.07) is 9.41. The monoisotopic (exact) mass is 395 g/mol. The maximum absolute atomic E-state index is 12.9. The third-order valence-electron chi connectivity index (χ3n) is 5.41. The number of ether oxygens (including phenoxy) is 1. The highest BCUT2D eigenvalue weighted by atomic mass is 16.5. The highest BCUT2D eigenvalue weighted by Crippen LogP contribution is 2.19. The number of Topliss-reactive ketones (excluding diaryl/α,β-unsaturated/α-hetero) is 1. The Hall–Kier alpha value is -3.00. The second kappa shape index (κ2) is 8.57. The molecule has 3 heterocycles. The summed E-state index contributed by atoms with van der Waals surface area (Å²) < 4.78 is 5.38. The number of rotatable bonds is 4. The summed E-state index contributed by atoms with van der Waals surface area (Å²) in [5, 5.41) is 0. The lowest BCUT2D eigenvalue weighted by Crippen LogP contribution is -2.49. The van der Waals surface area contributed by atoms with Gasteiger partial charge in [0.2, 0.25) is 0 Å². The number of piperazine rings is 1. The number of benzene rings is 1. The minimum atomic E-state index is -0.0616. The van der Waals surface area contributed by atoms with Gasteiger partial charge in [-0.1, -0.05) is 0 Å². The lowest BCUT2D eigenvalue weighted by molar-refractivity contribution is 0.0740. The largest absolute Gasteiger partial charge is 0.378 e. The molecule has 2 aromatic rings. The molecule has 8 heteroatoms. The summed E-state index contributed by atoms with van der Waals surface area (Å²) in [6.45, 7) is 7.19. The number of carbonyl (C=O) groups excluding carboxylic acids is 2. The fraction of sp³-hybridized carbons (Fsp3) is 0.429. The maximum Gasteiger partial charge on any atom is 0.272 e. The number of nitrogens with zero attached hydrogens (tertiary/aromatic N) is 5. The Kier molecular flexibility index (Phi) is 5.71. The molecule has 4 rings (SSSR count). The fourth-order valence-corrected chi connectivity index (χ4v) is 3.67. The number of morpholine rings is 1. The lowest BCUT2D eigenvalue weighted by atomic mass is 10.1. The molecule has 0 radical (unpaired) electrons. The van der Waals surface area contributed by atoms with Crippen molar-refractivity contribution in [1.82, 2.24) is 14.9 Å². The first-order valence-corrected chi connectivity index (χ1v) is 9.92. The molecule has 0 saturated carbocycles. The molecule has 0 atom stereocenters. The van der Waals surface area contributed by atoms with Crippen LogP contribution in [0.25, 0.3) is 0 Å². The van der Waals surface area contributed by atoms with Crippen molar-refractivity contribution in [2.45, 2.75) is 6.92 Å². The van der Waals surface area contributed by atoms with Gasteiger partial charge >= 0.3 is 0 Å². The van der Waals surface area contributed by atoms with E-state index in [1.54, 1.807) is 13.0 Å². The molecule has 1 amide bonds. The van der Waals surface area contributed by atoms with Crippen LogP contribution in [0.5, 0.6) is 0 Å². The molecule has 2 aliphatic rings. The average Bonchev–Trinajstić information content (AvgIpc) is 2.79. The molecule has 2 fully saturated rings. The molecule has 1 aromatic heterocycles. The number of ketones is 1. The third kappa shape index (κ3) is 4.37. The number of carbonyl (C=O) groups is 2. The van der Waals surface area contributed by atoms with Gasteiger partial charge in [-0.3, -0.25) is 9.59 Å². The van der Waals surface area contributed by atoms with Crippen LogP contribution in [0.3, 0.4) is 0 Å². The first-order valence-electron chi connectivity index (χ1n) is 9.92. The van der Waals surface area contributed by atoms with Crippen molar-refractivity contribution in [2.75, 3.05) is 62.3 Å². The summed E-state index contributed by atoms with van der Waals surface area (Å²) in [7, 11) is 0. The molecule has 2 aliphatic heterocycles. The second-order valence-corrected chi connectivity index (χ2v) is 7.24. The van der Waals surface area contributed by atoms with E-state index < -0.39 is 0 Å². The van der Waals surface area contributed by atoms with Crippen LogP contribution in [0.4, 0.5) is 11.5 Å². The number of aromatic nitrogens is 2. The predicted molar refractivity (Wildman–Crippen MR) is 110 cm³/mol. The van der Waals surface area contributed by atoms with E-state index in [1.807, 2.05) is 29.2 Å². The summed E-state index contributed by atoms with van der Waals surface area (Å²) in [6.07, 6.45) is 1.46. The van der Waals surface area contributed by atoms with Gasteiger partial charge in [0.1, 0.15) is 17.8 Å². The molecule has 0 N–H and O–H groups in total. The summed E-state index contributed by atoms with van der Waals surface area (Å²) in [4.78, 5) is 39.1. The Labute approximate surface area is 170 Å². The lowest BCUT2D eigenvalue weighted by Gasteiger charge is -2.36. The first kappa shape index (κ1) is 19.3. The molecule has 1 aromatic carbocycles. The topological polar surface area (TPSA) is 78.9 Å². The normalized spacial score (nSPS) is 17.3. The van der Waals surface area contributed by atoms with Crippen molar-refractivity contribution in [2.24, 2.45) is 0 Å². The van der Waals surface area contributed by atoms with Gasteiger partial charge < -0.3 is 19.4 Å². The minimum absolute atomic E-state index is 0.0616. The van der Waals surface area contributed by atoms with Crippen molar-refractivity contribution in [3.8, 4) is 0 Å². The Morgan fingerprint density at radius 2 is 1.59 bits per heavy atom. The van der Waals surface area contributed by atoms with Gasteiger partial charge in [0.15, 0.2) is 5.78 Å². The van der Waals surface area contributed by atoms with E-state index in [0.717, 1.165) is 37.7 Å². The van der Waals surface area contributed by atoms with Gasteiger partial charge in [0, 0.05) is 56.6 Å². The van der Waals surface area contributed by atoms with E-state index in [1.165, 1.54) is 6.33 Å². The van der Waals surface area contributed by atoms with Gasteiger partial charge in [-0.05, 0) is 31.2 Å². The van der Waals surface area contributed by atoms with E-state index >= 15 is 0 Å². The van der Waals surface area contributed by atoms with Crippen molar-refractivity contribution in [3.05, 3.63) is 47.9 Å². The quantitative estimate of drug-likeness (QED) is 0.726. The second-order valence-electron chi connectivity index (χ2n) is 7.24. The zero-order valence-corrected chi connectivity index (χ0v) is 16.6. The minimum Gasteiger partial charge on any atom is -0.378 e. The highest BCUT2D eigenvalue weighted by molar-refractivity contribution is 5.94. The van der Waals surface area contributed by atoms with E-state index in [2.05, 4.69) is 19.8 Å². The van der Waals surface area contributed by atoms with Gasteiger partial charge in [-0.2, -0.15) is 0 Å². The Morgan fingerprint density at radius 1 is 0.897 bits per heavy atom. The molecule has 8 nitrogen and oxygen atoms in total. The smallest absolute Gasteiger partial charge is 0.272 e. The Morgan fingerprint density at radius 3 is 2.24 bits per heavy atom. The molecular weight excluding hydrogens is 370 g/mol. The summed E-state index contributed by atoms with van der Waals surface area (Å²) >= 11 is 0. The number of hydrogen-bond acceptors (Lipinski definition) is 7. The van der Waals surface area contributed by atoms with Crippen LogP contribution >= 0.6 is 0 Å². The van der Waals surface area contributed by atoms with E-state index in [4.69, 9.17) is 4.74 Å². The molecule has 29 heavy (non-hydrogen) atoms. The summed E-state index contributed by atoms with van der Waals surface area (Å²) in [5.41, 5.74) is 2.21. The van der Waals surface area contributed by atoms with Crippen molar-refractivity contribution >= 4 is 23.2 Å². The molecule has 0 aliphatic carbocycles. The molecule has 0 spiro atoms. The van der Waals surface area contributed by atoms with Crippen LogP contribution in [-0.4, -0.2) is 79.0 Å². The van der Waals surface area contributed by atoms with E-state index in [-0.39, 0.29) is 11.7 Å². The van der Waals surface area contributed by atoms with Crippen LogP contribution in [0.15, 0.2) is 36.7 Å². The third-order valence-corrected chi connectivity index (χ3v) is 5.41. The van der Waals surface area contributed by atoms with Crippen molar-refractivity contribution in [1.29, 1.82) is 0 Å². The average molecular weight is 395 g/mol. The van der Waals surface area contributed by atoms with Gasteiger partial charge in [0.25, 0.3) is 5.91 Å². The standard InChI is InChI=1S/C21H25N5O3/c1-16(27)17-2-4-18(5-3-17)24-6-8-26(9-7-24)21(28)19-14-20(23-15-22-19)25-10-12-29-13-11-25/h2-5,14-15H,6-13H2,1H3. The van der Waals surface area contributed by atoms with Crippen LogP contribution in [0, 0.1) is 0 Å². The number of anilines is 2. The van der Waals surface area contributed by atoms with Crippen LogP contribution in [0.1, 0.15) is 27.8 Å². The van der Waals surface area contributed by atoms with E-state index in [9.17, 15) is 9.59 Å². The Bertz CT molecular complexity index is 872. The van der Waals surface area contributed by atoms with Crippen molar-refractivity contribution < 1.29 is 14.3 Å². The van der Waals surface area contributed by atoms with E-state index in [0.29, 0.717) is 37.6 Å². The number of amides is 1. The SMILES string of the molecule is CC(=O)c1ccc(N2CCN(C(=O)c3cc(N4CCOCC4)ncn3)CC2)cc1. The summed E-state index contributed by atoms with van der Waals surface area (Å²) in [5.74, 6) is 0.776. The van der Waals surface area contributed by atoms with Gasteiger partial charge in [-0.15, -0.1) is 0 Å². The van der Waals surface area contributed by atoms with Crippen molar-refractivity contribution in [3.63, 3.8) is 0 Å². The van der Waals surface area contributed by atoms with Gasteiger partial charge in [0.05, 0.1) is 13.2 Å². The Balaban J connectivity index is 1.38. The number of hydrogen-bond donors (Lipinski definition) is 0. The molecule has 0 unspecified atom stereocenters. The zero-order valence-electron chi connectivity index (χ0n) is 16.6. The van der Waals surface area contributed by atoms with Crippen LogP contribution in [-0.2, 0) is 4.74 Å². The highest BCUT2D eigenvalue weighted by Gasteiger charge is 2.24. The molecule has 152 valence electrons. The molecular formula is C21H25N5O3. The first-order chi connectivity index (χ1) is 14.1. The van der Waals surface area contributed by atoms with Crippen LogP contribution < -0.4 is 9.80 Å². The predicted octanol–water partition coefficient (Wildman–Crippen LogP) is 1.48. The molecule has 0 bridgehead atoms. The maximum atomic E-state index is 12.9. The van der Waals surface area contributed by atoms with Crippen LogP contribution in [0.2, 0.25) is 0 Å². The van der Waals surface area contributed by atoms with Gasteiger partial charge in [-0.25, -0.2) is 9.97 Å². The fourth-order valence-electron chi connectivity index (χ4n) is 3.67.